The summed E-state index contributed by atoms with van der Waals surface area (Å²) in [5, 5.41) is 3.14. The molecule has 0 aromatic carbocycles. The highest BCUT2D eigenvalue weighted by Gasteiger charge is 2.27. The maximum atomic E-state index is 12.6. The van der Waals surface area contributed by atoms with Crippen molar-refractivity contribution in [2.45, 2.75) is 53.6 Å². The Kier molecular flexibility index (Phi) is 5.21. The van der Waals surface area contributed by atoms with Crippen molar-refractivity contribution in [1.82, 2.24) is 24.8 Å². The molecule has 2 aromatic heterocycles. The second kappa shape index (κ2) is 6.98. The van der Waals surface area contributed by atoms with Gasteiger partial charge in [0.2, 0.25) is 11.9 Å². The van der Waals surface area contributed by atoms with Gasteiger partial charge < -0.3 is 15.6 Å². The number of aryl methyl sites for hydroxylation is 2. The van der Waals surface area contributed by atoms with Crippen molar-refractivity contribution in [3.8, 4) is 0 Å². The van der Waals surface area contributed by atoms with E-state index in [0.717, 1.165) is 17.0 Å². The molecule has 0 saturated carbocycles. The van der Waals surface area contributed by atoms with Gasteiger partial charge in [-0.15, -0.1) is 0 Å². The summed E-state index contributed by atoms with van der Waals surface area (Å²) in [5.74, 6) is 0.191. The number of carbonyl (C=O) groups excluding carboxylic acids is 1. The molecule has 1 amide bonds. The number of nitrogen functional groups attached to an aromatic ring is 1. The molecule has 0 spiro atoms. The minimum Gasteiger partial charge on any atom is -0.368 e. The molecule has 0 aliphatic rings. The van der Waals surface area contributed by atoms with E-state index < -0.39 is 0 Å². The molecule has 0 fully saturated rings. The molecule has 2 rings (SSSR count). The van der Waals surface area contributed by atoms with Crippen LogP contribution in [0.1, 0.15) is 37.7 Å². The summed E-state index contributed by atoms with van der Waals surface area (Å²) in [5.41, 5.74) is 7.88. The lowest BCUT2D eigenvalue weighted by molar-refractivity contribution is -0.122. The molecule has 7 heteroatoms. The van der Waals surface area contributed by atoms with E-state index in [-0.39, 0.29) is 29.7 Å². The average Bonchev–Trinajstić information content (AvgIpc) is 2.94. The van der Waals surface area contributed by atoms with Crippen molar-refractivity contribution in [3.05, 3.63) is 35.7 Å². The summed E-state index contributed by atoms with van der Waals surface area (Å²) in [7, 11) is 0. The standard InChI is InChI=1S/C17H26N6O/c1-11-13(12(2)21-16(18)20-11)8-15(24)22-14(17(3,4)5)9-23-7-6-19-10-23/h6-7,10,14H,8-9H2,1-5H3,(H,22,24)(H2,18,20,21)/t14-/m0/s1. The van der Waals surface area contributed by atoms with Crippen LogP contribution in [0, 0.1) is 19.3 Å². The number of hydrogen-bond acceptors (Lipinski definition) is 5. The van der Waals surface area contributed by atoms with Crippen LogP contribution in [0.15, 0.2) is 18.7 Å². The maximum absolute atomic E-state index is 12.6. The lowest BCUT2D eigenvalue weighted by Crippen LogP contribution is -2.47. The second-order valence-electron chi connectivity index (χ2n) is 7.15. The summed E-state index contributed by atoms with van der Waals surface area (Å²) in [4.78, 5) is 24.9. The highest BCUT2D eigenvalue weighted by Crippen LogP contribution is 2.21. The van der Waals surface area contributed by atoms with Crippen LogP contribution in [-0.4, -0.2) is 31.5 Å². The fraction of sp³-hybridized carbons (Fsp3) is 0.529. The molecule has 24 heavy (non-hydrogen) atoms. The van der Waals surface area contributed by atoms with Crippen LogP contribution in [0.25, 0.3) is 0 Å². The summed E-state index contributed by atoms with van der Waals surface area (Å²) in [6.07, 6.45) is 5.63. The Labute approximate surface area is 142 Å². The highest BCUT2D eigenvalue weighted by atomic mass is 16.1. The molecule has 2 heterocycles. The minimum absolute atomic E-state index is 0.0190. The Bertz CT molecular complexity index is 679. The predicted molar refractivity (Wildman–Crippen MR) is 93.2 cm³/mol. The van der Waals surface area contributed by atoms with Crippen LogP contribution in [0.2, 0.25) is 0 Å². The Morgan fingerprint density at radius 1 is 1.29 bits per heavy atom. The zero-order chi connectivity index (χ0) is 17.9. The average molecular weight is 330 g/mol. The minimum atomic E-state index is -0.0817. The molecule has 0 aliphatic carbocycles. The van der Waals surface area contributed by atoms with Crippen LogP contribution < -0.4 is 11.1 Å². The Morgan fingerprint density at radius 2 is 1.92 bits per heavy atom. The van der Waals surface area contributed by atoms with E-state index in [1.54, 1.807) is 12.5 Å². The first kappa shape index (κ1) is 17.9. The molecule has 3 N–H and O–H groups in total. The van der Waals surface area contributed by atoms with Gasteiger partial charge in [-0.1, -0.05) is 20.8 Å². The lowest BCUT2D eigenvalue weighted by Gasteiger charge is -2.32. The zero-order valence-corrected chi connectivity index (χ0v) is 15.0. The van der Waals surface area contributed by atoms with Crippen molar-refractivity contribution in [3.63, 3.8) is 0 Å². The molecule has 1 atom stereocenters. The number of amides is 1. The van der Waals surface area contributed by atoms with Gasteiger partial charge in [-0.25, -0.2) is 15.0 Å². The second-order valence-corrected chi connectivity index (χ2v) is 7.15. The van der Waals surface area contributed by atoms with Gasteiger partial charge >= 0.3 is 0 Å². The number of nitrogens with two attached hydrogens (primary N) is 1. The molecule has 0 saturated heterocycles. The third-order valence-electron chi connectivity index (χ3n) is 4.11. The summed E-state index contributed by atoms with van der Waals surface area (Å²) in [6, 6.07) is -0.0190. The van der Waals surface area contributed by atoms with Gasteiger partial charge in [-0.05, 0) is 19.3 Å². The van der Waals surface area contributed by atoms with Gasteiger partial charge in [-0.2, -0.15) is 0 Å². The third kappa shape index (κ3) is 4.53. The monoisotopic (exact) mass is 330 g/mol. The molecule has 0 aliphatic heterocycles. The number of hydrogen-bond donors (Lipinski definition) is 2. The summed E-state index contributed by atoms with van der Waals surface area (Å²) >= 11 is 0. The van der Waals surface area contributed by atoms with Crippen molar-refractivity contribution in [2.75, 3.05) is 5.73 Å². The van der Waals surface area contributed by atoms with Crippen molar-refractivity contribution < 1.29 is 4.79 Å². The van der Waals surface area contributed by atoms with E-state index in [4.69, 9.17) is 5.73 Å². The Hall–Kier alpha value is -2.44. The summed E-state index contributed by atoms with van der Waals surface area (Å²) in [6.45, 7) is 10.7. The van der Waals surface area contributed by atoms with Crippen LogP contribution in [0.4, 0.5) is 5.95 Å². The number of nitrogens with one attached hydrogen (secondary N) is 1. The fourth-order valence-corrected chi connectivity index (χ4v) is 2.57. The number of carbonyl (C=O) groups is 1. The van der Waals surface area contributed by atoms with Gasteiger partial charge in [0.25, 0.3) is 0 Å². The van der Waals surface area contributed by atoms with E-state index in [1.807, 2.05) is 24.6 Å². The molecule has 2 aromatic rings. The van der Waals surface area contributed by atoms with Gasteiger partial charge in [0, 0.05) is 35.9 Å². The smallest absolute Gasteiger partial charge is 0.224 e. The first-order chi connectivity index (χ1) is 11.2. The van der Waals surface area contributed by atoms with E-state index in [9.17, 15) is 4.79 Å². The van der Waals surface area contributed by atoms with Crippen LogP contribution in [-0.2, 0) is 17.8 Å². The largest absolute Gasteiger partial charge is 0.368 e. The zero-order valence-electron chi connectivity index (χ0n) is 15.0. The number of anilines is 1. The number of nitrogens with zero attached hydrogens (tertiary/aromatic N) is 4. The van der Waals surface area contributed by atoms with Crippen LogP contribution in [0.5, 0.6) is 0 Å². The molecule has 0 radical (unpaired) electrons. The maximum Gasteiger partial charge on any atom is 0.224 e. The first-order valence-corrected chi connectivity index (χ1v) is 8.01. The number of aromatic nitrogens is 4. The van der Waals surface area contributed by atoms with Gasteiger partial charge in [0.1, 0.15) is 0 Å². The Morgan fingerprint density at radius 3 is 2.42 bits per heavy atom. The number of rotatable bonds is 5. The Balaban J connectivity index is 2.11. The van der Waals surface area contributed by atoms with Crippen molar-refractivity contribution in [2.24, 2.45) is 5.41 Å². The molecular formula is C17H26N6O. The predicted octanol–water partition coefficient (Wildman–Crippen LogP) is 1.65. The van der Waals surface area contributed by atoms with Crippen molar-refractivity contribution in [1.29, 1.82) is 0 Å². The van der Waals surface area contributed by atoms with E-state index in [2.05, 4.69) is 41.0 Å². The van der Waals surface area contributed by atoms with E-state index in [1.165, 1.54) is 0 Å². The normalized spacial score (nSPS) is 12.9. The quantitative estimate of drug-likeness (QED) is 0.868. The molecule has 0 bridgehead atoms. The van der Waals surface area contributed by atoms with E-state index >= 15 is 0 Å². The SMILES string of the molecule is Cc1nc(N)nc(C)c1CC(=O)N[C@@H](Cn1ccnc1)C(C)(C)C. The lowest BCUT2D eigenvalue weighted by atomic mass is 9.86. The molecular weight excluding hydrogens is 304 g/mol. The first-order valence-electron chi connectivity index (χ1n) is 8.01. The molecule has 7 nitrogen and oxygen atoms in total. The van der Waals surface area contributed by atoms with Gasteiger partial charge in [0.05, 0.1) is 18.8 Å². The molecule has 0 unspecified atom stereocenters. The molecule has 130 valence electrons. The third-order valence-corrected chi connectivity index (χ3v) is 4.11. The fourth-order valence-electron chi connectivity index (χ4n) is 2.57. The van der Waals surface area contributed by atoms with Crippen molar-refractivity contribution >= 4 is 11.9 Å². The van der Waals surface area contributed by atoms with E-state index in [0.29, 0.717) is 6.54 Å². The van der Waals surface area contributed by atoms with Crippen LogP contribution in [0.3, 0.4) is 0 Å². The van der Waals surface area contributed by atoms with Gasteiger partial charge in [-0.3, -0.25) is 4.79 Å². The number of imidazole rings is 1. The van der Waals surface area contributed by atoms with Crippen LogP contribution >= 0.6 is 0 Å². The highest BCUT2D eigenvalue weighted by molar-refractivity contribution is 5.79. The topological polar surface area (TPSA) is 98.7 Å². The van der Waals surface area contributed by atoms with Gasteiger partial charge in [0.15, 0.2) is 0 Å². The summed E-state index contributed by atoms with van der Waals surface area (Å²) < 4.78 is 1.97.